The van der Waals surface area contributed by atoms with Crippen molar-refractivity contribution in [3.63, 3.8) is 0 Å². The summed E-state index contributed by atoms with van der Waals surface area (Å²) in [5.74, 6) is 1.37. The SMILES string of the molecule is CC(C)c1nnc([C@H](C)NC(=O)c2ccc(-c3nnn(C)n3)cc2)o1. The summed E-state index contributed by atoms with van der Waals surface area (Å²) in [6.07, 6.45) is 0. The van der Waals surface area contributed by atoms with Crippen LogP contribution in [0.25, 0.3) is 11.4 Å². The van der Waals surface area contributed by atoms with Gasteiger partial charge in [0.05, 0.1) is 7.05 Å². The maximum absolute atomic E-state index is 12.4. The second kappa shape index (κ2) is 6.80. The van der Waals surface area contributed by atoms with Crippen LogP contribution in [0.15, 0.2) is 28.7 Å². The van der Waals surface area contributed by atoms with Crippen molar-refractivity contribution in [3.8, 4) is 11.4 Å². The predicted molar refractivity (Wildman–Crippen MR) is 88.5 cm³/mol. The quantitative estimate of drug-likeness (QED) is 0.754. The molecule has 0 spiro atoms. The average Bonchev–Trinajstić information content (AvgIpc) is 3.24. The number of nitrogens with one attached hydrogen (secondary N) is 1. The standard InChI is InChI=1S/C16H19N7O2/c1-9(2)15-19-20-16(25-15)10(3)17-14(24)12-7-5-11(6-8-12)13-18-22-23(4)21-13/h5-10H,1-4H3,(H,17,24)/t10-/m0/s1. The van der Waals surface area contributed by atoms with E-state index in [4.69, 9.17) is 4.42 Å². The lowest BCUT2D eigenvalue weighted by Crippen LogP contribution is -2.26. The number of rotatable bonds is 5. The zero-order valence-corrected chi connectivity index (χ0v) is 14.5. The first-order valence-electron chi connectivity index (χ1n) is 7.92. The van der Waals surface area contributed by atoms with Crippen molar-refractivity contribution in [1.29, 1.82) is 0 Å². The Kier molecular flexibility index (Phi) is 4.55. The first-order chi connectivity index (χ1) is 11.9. The molecule has 2 aromatic heterocycles. The Balaban J connectivity index is 1.68. The highest BCUT2D eigenvalue weighted by Gasteiger charge is 2.18. The fraction of sp³-hybridized carbons (Fsp3) is 0.375. The van der Waals surface area contributed by atoms with E-state index in [0.29, 0.717) is 23.2 Å². The van der Waals surface area contributed by atoms with E-state index in [0.717, 1.165) is 5.56 Å². The van der Waals surface area contributed by atoms with Crippen LogP contribution in [0.1, 0.15) is 54.9 Å². The lowest BCUT2D eigenvalue weighted by atomic mass is 10.1. The minimum atomic E-state index is -0.381. The van der Waals surface area contributed by atoms with Crippen LogP contribution in [-0.2, 0) is 7.05 Å². The van der Waals surface area contributed by atoms with E-state index in [1.54, 1.807) is 38.2 Å². The largest absolute Gasteiger partial charge is 0.423 e. The van der Waals surface area contributed by atoms with E-state index in [1.165, 1.54) is 4.80 Å². The molecule has 0 radical (unpaired) electrons. The number of tetrazole rings is 1. The zero-order chi connectivity index (χ0) is 18.0. The number of aromatic nitrogens is 6. The second-order valence-corrected chi connectivity index (χ2v) is 6.01. The van der Waals surface area contributed by atoms with Gasteiger partial charge in [-0.2, -0.15) is 4.80 Å². The van der Waals surface area contributed by atoms with E-state index < -0.39 is 0 Å². The predicted octanol–water partition coefficient (Wildman–Crippen LogP) is 1.87. The highest BCUT2D eigenvalue weighted by Crippen LogP contribution is 2.18. The van der Waals surface area contributed by atoms with Gasteiger partial charge in [0, 0.05) is 17.0 Å². The molecule has 25 heavy (non-hydrogen) atoms. The fourth-order valence-electron chi connectivity index (χ4n) is 2.17. The Bertz CT molecular complexity index is 867. The Morgan fingerprint density at radius 3 is 2.32 bits per heavy atom. The molecule has 1 N–H and O–H groups in total. The Hall–Kier alpha value is -3.10. The normalized spacial score (nSPS) is 12.4. The van der Waals surface area contributed by atoms with Crippen LogP contribution >= 0.6 is 0 Å². The number of benzene rings is 1. The van der Waals surface area contributed by atoms with Crippen molar-refractivity contribution in [2.45, 2.75) is 32.7 Å². The Labute approximate surface area is 144 Å². The van der Waals surface area contributed by atoms with Crippen molar-refractivity contribution in [3.05, 3.63) is 41.6 Å². The van der Waals surface area contributed by atoms with Gasteiger partial charge in [-0.15, -0.1) is 20.4 Å². The van der Waals surface area contributed by atoms with Crippen LogP contribution in [0, 0.1) is 0 Å². The van der Waals surface area contributed by atoms with E-state index in [-0.39, 0.29) is 17.9 Å². The number of hydrogen-bond acceptors (Lipinski definition) is 7. The van der Waals surface area contributed by atoms with Gasteiger partial charge < -0.3 is 9.73 Å². The molecule has 1 aromatic carbocycles. The van der Waals surface area contributed by atoms with Crippen molar-refractivity contribution in [2.24, 2.45) is 7.05 Å². The van der Waals surface area contributed by atoms with Gasteiger partial charge in [0.2, 0.25) is 17.6 Å². The van der Waals surface area contributed by atoms with E-state index in [2.05, 4.69) is 30.9 Å². The van der Waals surface area contributed by atoms with Crippen LogP contribution in [0.5, 0.6) is 0 Å². The molecule has 0 aliphatic heterocycles. The summed E-state index contributed by atoms with van der Waals surface area (Å²) in [4.78, 5) is 13.8. The van der Waals surface area contributed by atoms with Crippen LogP contribution < -0.4 is 5.32 Å². The molecule has 9 heteroatoms. The molecule has 2 heterocycles. The lowest BCUT2D eigenvalue weighted by Gasteiger charge is -2.10. The highest BCUT2D eigenvalue weighted by atomic mass is 16.4. The van der Waals surface area contributed by atoms with Crippen molar-refractivity contribution in [2.75, 3.05) is 0 Å². The molecule has 1 atom stereocenters. The monoisotopic (exact) mass is 341 g/mol. The van der Waals surface area contributed by atoms with Gasteiger partial charge in [-0.05, 0) is 24.3 Å². The average molecular weight is 341 g/mol. The second-order valence-electron chi connectivity index (χ2n) is 6.01. The summed E-state index contributed by atoms with van der Waals surface area (Å²) in [5, 5.41) is 22.7. The number of hydrogen-bond donors (Lipinski definition) is 1. The zero-order valence-electron chi connectivity index (χ0n) is 14.5. The molecule has 0 saturated heterocycles. The first-order valence-corrected chi connectivity index (χ1v) is 7.92. The molecule has 3 rings (SSSR count). The van der Waals surface area contributed by atoms with E-state index in [9.17, 15) is 4.79 Å². The van der Waals surface area contributed by atoms with E-state index >= 15 is 0 Å². The van der Waals surface area contributed by atoms with Crippen LogP contribution in [0.2, 0.25) is 0 Å². The van der Waals surface area contributed by atoms with Gasteiger partial charge in [0.15, 0.2) is 0 Å². The van der Waals surface area contributed by atoms with Crippen LogP contribution in [0.3, 0.4) is 0 Å². The Morgan fingerprint density at radius 2 is 1.76 bits per heavy atom. The van der Waals surface area contributed by atoms with Crippen molar-refractivity contribution >= 4 is 5.91 Å². The maximum atomic E-state index is 12.4. The summed E-state index contributed by atoms with van der Waals surface area (Å²) in [6.45, 7) is 5.73. The lowest BCUT2D eigenvalue weighted by molar-refractivity contribution is 0.0934. The molecule has 0 saturated carbocycles. The molecule has 3 aromatic rings. The minimum Gasteiger partial charge on any atom is -0.423 e. The van der Waals surface area contributed by atoms with Crippen molar-refractivity contribution < 1.29 is 9.21 Å². The van der Waals surface area contributed by atoms with Crippen molar-refractivity contribution in [1.82, 2.24) is 35.7 Å². The van der Waals surface area contributed by atoms with E-state index in [1.807, 2.05) is 13.8 Å². The summed E-state index contributed by atoms with van der Waals surface area (Å²) in [6, 6.07) is 6.59. The summed E-state index contributed by atoms with van der Waals surface area (Å²) < 4.78 is 5.56. The summed E-state index contributed by atoms with van der Waals surface area (Å²) in [5.41, 5.74) is 1.30. The highest BCUT2D eigenvalue weighted by molar-refractivity contribution is 5.94. The van der Waals surface area contributed by atoms with Crippen LogP contribution in [-0.4, -0.2) is 36.3 Å². The smallest absolute Gasteiger partial charge is 0.251 e. The molecule has 0 fully saturated rings. The van der Waals surface area contributed by atoms with Gasteiger partial charge in [0.25, 0.3) is 5.91 Å². The molecule has 1 amide bonds. The third-order valence-corrected chi connectivity index (χ3v) is 3.58. The maximum Gasteiger partial charge on any atom is 0.251 e. The molecule has 0 aliphatic rings. The third-order valence-electron chi connectivity index (χ3n) is 3.58. The van der Waals surface area contributed by atoms with Gasteiger partial charge in [0.1, 0.15) is 6.04 Å². The third kappa shape index (κ3) is 3.70. The van der Waals surface area contributed by atoms with Crippen LogP contribution in [0.4, 0.5) is 0 Å². The molecule has 0 bridgehead atoms. The van der Waals surface area contributed by atoms with Gasteiger partial charge in [-0.1, -0.05) is 26.0 Å². The summed E-state index contributed by atoms with van der Waals surface area (Å²) in [7, 11) is 1.70. The van der Waals surface area contributed by atoms with Gasteiger partial charge in [-0.3, -0.25) is 4.79 Å². The Morgan fingerprint density at radius 1 is 1.08 bits per heavy atom. The molecule has 9 nitrogen and oxygen atoms in total. The number of carbonyl (C=O) groups excluding carboxylic acids is 1. The van der Waals surface area contributed by atoms with Gasteiger partial charge >= 0.3 is 0 Å². The first kappa shape index (κ1) is 16.7. The fourth-order valence-corrected chi connectivity index (χ4v) is 2.17. The molecule has 0 unspecified atom stereocenters. The van der Waals surface area contributed by atoms with Gasteiger partial charge in [-0.25, -0.2) is 0 Å². The topological polar surface area (TPSA) is 112 Å². The number of carbonyl (C=O) groups is 1. The number of nitrogens with zero attached hydrogens (tertiary/aromatic N) is 6. The summed E-state index contributed by atoms with van der Waals surface area (Å²) >= 11 is 0. The molecule has 130 valence electrons. The minimum absolute atomic E-state index is 0.145. The number of amides is 1. The molecular formula is C16H19N7O2. The molecule has 0 aliphatic carbocycles. The molecular weight excluding hydrogens is 322 g/mol. The number of aryl methyl sites for hydroxylation is 1.